The van der Waals surface area contributed by atoms with Crippen LogP contribution in [0.3, 0.4) is 0 Å². The van der Waals surface area contributed by atoms with Crippen LogP contribution < -0.4 is 9.47 Å². The molecule has 2 saturated carbocycles. The molecule has 476 valence electrons. The number of carbonyl (C=O) groups is 4. The summed E-state index contributed by atoms with van der Waals surface area (Å²) in [5.41, 5.74) is 4.95. The first-order chi connectivity index (χ1) is 42.3. The van der Waals surface area contributed by atoms with Crippen molar-refractivity contribution in [2.45, 2.75) is 155 Å². The molecule has 4 heterocycles. The Hall–Kier alpha value is -8.29. The van der Waals surface area contributed by atoms with Crippen LogP contribution in [0.5, 0.6) is 11.5 Å². The third kappa shape index (κ3) is 12.9. The van der Waals surface area contributed by atoms with Gasteiger partial charge < -0.3 is 47.0 Å². The molecule has 4 aromatic carbocycles. The summed E-state index contributed by atoms with van der Waals surface area (Å²) in [5, 5.41) is 20.8. The molecule has 0 N–H and O–H groups in total. The fraction of sp³-hybridized carbons (Fsp3) is 0.471. The first-order valence-electron chi connectivity index (χ1n) is 30.3. The molecule has 0 aliphatic heterocycles. The van der Waals surface area contributed by atoms with Crippen LogP contribution in [-0.2, 0) is 62.3 Å². The van der Waals surface area contributed by atoms with E-state index in [9.17, 15) is 29.7 Å². The van der Waals surface area contributed by atoms with Crippen molar-refractivity contribution in [3.63, 3.8) is 0 Å². The highest BCUT2D eigenvalue weighted by Crippen LogP contribution is 2.65. The molecule has 2 fully saturated rings. The summed E-state index contributed by atoms with van der Waals surface area (Å²) in [5.74, 6) is 0.504. The molecule has 0 spiro atoms. The first-order valence-corrected chi connectivity index (χ1v) is 37.7. The molecular formula is C68H84N8O12Si2. The van der Waals surface area contributed by atoms with E-state index in [4.69, 9.17) is 47.9 Å². The van der Waals surface area contributed by atoms with Crippen molar-refractivity contribution in [3.8, 4) is 23.6 Å². The van der Waals surface area contributed by atoms with Crippen LogP contribution in [0.4, 0.5) is 9.59 Å². The lowest BCUT2D eigenvalue weighted by molar-refractivity contribution is -0.143. The van der Waals surface area contributed by atoms with E-state index in [1.165, 1.54) is 23.4 Å². The first kappa shape index (κ1) is 66.1. The van der Waals surface area contributed by atoms with Gasteiger partial charge in [0, 0.05) is 63.7 Å². The zero-order chi connectivity index (χ0) is 65.8. The maximum Gasteiger partial charge on any atom is 0.419 e. The molecule has 0 amide bonds. The summed E-state index contributed by atoms with van der Waals surface area (Å²) in [4.78, 5) is 63.6. The minimum atomic E-state index is -1.35. The van der Waals surface area contributed by atoms with E-state index in [0.717, 1.165) is 56.1 Å². The highest BCUT2D eigenvalue weighted by atomic mass is 28.3. The van der Waals surface area contributed by atoms with Crippen LogP contribution in [0.15, 0.2) is 73.1 Å². The quantitative estimate of drug-likeness (QED) is 0.0336. The van der Waals surface area contributed by atoms with E-state index in [-0.39, 0.29) is 25.4 Å². The van der Waals surface area contributed by atoms with Crippen molar-refractivity contribution in [1.29, 1.82) is 10.5 Å². The van der Waals surface area contributed by atoms with Crippen LogP contribution in [0.1, 0.15) is 99.4 Å². The summed E-state index contributed by atoms with van der Waals surface area (Å²) in [7, 11) is 3.27. The monoisotopic (exact) mass is 1260 g/mol. The zero-order valence-electron chi connectivity index (χ0n) is 55.2. The Morgan fingerprint density at radius 2 is 0.989 bits per heavy atom. The van der Waals surface area contributed by atoms with E-state index in [2.05, 4.69) is 51.4 Å². The molecule has 4 unspecified atom stereocenters. The fourth-order valence-electron chi connectivity index (χ4n) is 12.2. The number of nitriles is 2. The molecule has 4 aromatic heterocycles. The summed E-state index contributed by atoms with van der Waals surface area (Å²) in [6.07, 6.45) is 3.21. The fourth-order valence-corrected chi connectivity index (χ4v) is 13.7. The van der Waals surface area contributed by atoms with Gasteiger partial charge in [-0.15, -0.1) is 0 Å². The third-order valence-corrected chi connectivity index (χ3v) is 20.0. The lowest BCUT2D eigenvalue weighted by Crippen LogP contribution is -2.27. The van der Waals surface area contributed by atoms with Crippen LogP contribution in [0.2, 0.25) is 51.4 Å². The number of imidazole rings is 2. The minimum absolute atomic E-state index is 0.192. The Kier molecular flexibility index (Phi) is 18.2. The van der Waals surface area contributed by atoms with Crippen LogP contribution in [0, 0.1) is 48.3 Å². The lowest BCUT2D eigenvalue weighted by atomic mass is 9.87. The van der Waals surface area contributed by atoms with E-state index < -0.39 is 62.2 Å². The number of carbonyl (C=O) groups excluding carboxylic acids is 4. The van der Waals surface area contributed by atoms with Crippen molar-refractivity contribution in [2.75, 3.05) is 41.7 Å². The van der Waals surface area contributed by atoms with E-state index >= 15 is 0 Å². The number of rotatable bonds is 18. The largest absolute Gasteiger partial charge is 0.496 e. The highest BCUT2D eigenvalue weighted by Gasteiger charge is 2.67. The molecule has 4 atom stereocenters. The molecule has 0 bridgehead atoms. The van der Waals surface area contributed by atoms with Crippen molar-refractivity contribution in [3.05, 3.63) is 118 Å². The number of nitrogens with zero attached hydrogens (tertiary/aromatic N) is 8. The Morgan fingerprint density at radius 1 is 0.578 bits per heavy atom. The average molecular weight is 1260 g/mol. The Balaban J connectivity index is 0.000000213. The lowest BCUT2D eigenvalue weighted by Gasteiger charge is -2.24. The summed E-state index contributed by atoms with van der Waals surface area (Å²) < 4.78 is 53.6. The molecule has 8 aromatic rings. The maximum absolute atomic E-state index is 13.4. The smallest absolute Gasteiger partial charge is 0.419 e. The molecule has 2 aliphatic rings. The van der Waals surface area contributed by atoms with E-state index in [1.54, 1.807) is 50.9 Å². The molecule has 2 aliphatic carbocycles. The second-order valence-electron chi connectivity index (χ2n) is 28.0. The maximum atomic E-state index is 13.4. The number of ether oxygens (including phenoxy) is 8. The van der Waals surface area contributed by atoms with Gasteiger partial charge in [-0.3, -0.25) is 18.7 Å². The SMILES string of the molecule is COC(=O)C1CC1(c1c(OC)cc(C)c2c1ccn2C(=O)OC(C)(C)C)c1nc2cc(C#N)ccc2n1COCC[Si](C)(C)C.COC(=O)C1CC1(c1c(OC)cc(C)c2c1ccn2C(=O)OC(C)(C)C)c1nc2ccc(C#N)cc2n1COCC[Si](C)(C)C. The van der Waals surface area contributed by atoms with Crippen molar-refractivity contribution < 1.29 is 57.1 Å². The third-order valence-electron chi connectivity index (χ3n) is 16.6. The van der Waals surface area contributed by atoms with E-state index in [0.29, 0.717) is 82.4 Å². The predicted octanol–water partition coefficient (Wildman–Crippen LogP) is 13.5. The van der Waals surface area contributed by atoms with Gasteiger partial charge in [0.05, 0.1) is 107 Å². The Labute approximate surface area is 527 Å². The molecule has 22 heteroatoms. The van der Waals surface area contributed by atoms with Crippen LogP contribution in [-0.4, -0.2) is 121 Å². The summed E-state index contributed by atoms with van der Waals surface area (Å²) in [6, 6.07) is 24.6. The van der Waals surface area contributed by atoms with Gasteiger partial charge in [-0.2, -0.15) is 10.5 Å². The van der Waals surface area contributed by atoms with Gasteiger partial charge in [0.1, 0.15) is 47.8 Å². The number of hydrogen-bond donors (Lipinski definition) is 0. The molecule has 0 saturated heterocycles. The molecule has 10 rings (SSSR count). The van der Waals surface area contributed by atoms with Gasteiger partial charge in [0.2, 0.25) is 0 Å². The van der Waals surface area contributed by atoms with Gasteiger partial charge >= 0.3 is 24.1 Å². The van der Waals surface area contributed by atoms with Gasteiger partial charge in [0.25, 0.3) is 0 Å². The van der Waals surface area contributed by atoms with Gasteiger partial charge in [-0.05, 0) is 152 Å². The van der Waals surface area contributed by atoms with Crippen molar-refractivity contribution in [1.82, 2.24) is 28.2 Å². The number of fused-ring (bicyclic) bond motifs is 4. The van der Waals surface area contributed by atoms with Crippen molar-refractivity contribution in [2.24, 2.45) is 11.8 Å². The Bertz CT molecular complexity index is 4060. The number of aromatic nitrogens is 6. The number of methoxy groups -OCH3 is 4. The second kappa shape index (κ2) is 24.8. The second-order valence-corrected chi connectivity index (χ2v) is 39.2. The van der Waals surface area contributed by atoms with Crippen LogP contribution in [0.25, 0.3) is 43.9 Å². The van der Waals surface area contributed by atoms with E-state index in [1.807, 2.05) is 101 Å². The zero-order valence-corrected chi connectivity index (χ0v) is 57.2. The van der Waals surface area contributed by atoms with Crippen molar-refractivity contribution >= 4 is 84.1 Å². The molecule has 0 radical (unpaired) electrons. The standard InChI is InChI=1S/2C34H42N4O6Si/c1-21-16-27(41-5)28(23-12-13-37(29(21)23)32(40)44-33(2,3)4)34(18-24(34)30(39)42-6)31-36-25-17-22(19-35)10-11-26(25)38(31)20-43-14-15-45(7,8)9;1-21-16-27(41-5)28(23-12-13-37(29(21)23)32(40)44-33(2,3)4)34(18-24(34)30(39)42-6)31-36-25-11-10-22(19-35)17-26(25)38(31)20-43-14-15-45(7,8)9/h2*10-13,16-17,24H,14-15,18,20H2,1-9H3. The summed E-state index contributed by atoms with van der Waals surface area (Å²) >= 11 is 0. The number of esters is 2. The predicted molar refractivity (Wildman–Crippen MR) is 349 cm³/mol. The van der Waals surface area contributed by atoms with Gasteiger partial charge in [-0.1, -0.05) is 39.3 Å². The van der Waals surface area contributed by atoms with Crippen LogP contribution >= 0.6 is 0 Å². The number of benzene rings is 4. The normalized spacial score (nSPS) is 18.2. The molecule has 20 nitrogen and oxygen atoms in total. The Morgan fingerprint density at radius 3 is 1.39 bits per heavy atom. The van der Waals surface area contributed by atoms with Gasteiger partial charge in [-0.25, -0.2) is 19.6 Å². The topological polar surface area (TPSA) is 235 Å². The highest BCUT2D eigenvalue weighted by molar-refractivity contribution is 6.76. The number of aryl methyl sites for hydroxylation is 2. The van der Waals surface area contributed by atoms with Gasteiger partial charge in [0.15, 0.2) is 0 Å². The minimum Gasteiger partial charge on any atom is -0.496 e. The molecular weight excluding hydrogens is 1180 g/mol. The average Bonchev–Trinajstić information content (AvgIpc) is 1.52. The summed E-state index contributed by atoms with van der Waals surface area (Å²) in [6.45, 7) is 30.2. The number of hydrogen-bond acceptors (Lipinski definition) is 16. The molecule has 90 heavy (non-hydrogen) atoms.